The van der Waals surface area contributed by atoms with Crippen molar-refractivity contribution >= 4 is 34.2 Å². The van der Waals surface area contributed by atoms with Crippen LogP contribution in [-0.4, -0.2) is 20.4 Å². The normalized spacial score (nSPS) is 9.25. The molecule has 2 aromatic heterocycles. The predicted octanol–water partition coefficient (Wildman–Crippen LogP) is 2.83. The van der Waals surface area contributed by atoms with Crippen molar-refractivity contribution in [3.8, 4) is 0 Å². The van der Waals surface area contributed by atoms with Crippen LogP contribution in [0.4, 0.5) is 0 Å². The predicted molar refractivity (Wildman–Crippen MR) is 71.3 cm³/mol. The molecule has 0 spiro atoms. The number of hydrogen-bond donors (Lipinski definition) is 0. The van der Waals surface area contributed by atoms with E-state index in [9.17, 15) is 0 Å². The monoisotopic (exact) mass is 348 g/mol. The second-order valence-corrected chi connectivity index (χ2v) is 4.49. The first-order valence-corrected chi connectivity index (χ1v) is 5.95. The summed E-state index contributed by atoms with van der Waals surface area (Å²) in [5, 5.41) is 15.4. The SMILES string of the molecule is Cc1ccc(Cl)nn1.Cc1ccc(I)nn1. The van der Waals surface area contributed by atoms with Gasteiger partial charge in [0.25, 0.3) is 0 Å². The third-order valence-corrected chi connectivity index (χ3v) is 2.31. The highest BCUT2D eigenvalue weighted by Crippen LogP contribution is 1.99. The molecule has 2 heterocycles. The number of aromatic nitrogens is 4. The molecule has 6 heteroatoms. The quantitative estimate of drug-likeness (QED) is 0.687. The van der Waals surface area contributed by atoms with Crippen LogP contribution in [0.25, 0.3) is 0 Å². The maximum absolute atomic E-state index is 5.44. The first-order valence-electron chi connectivity index (χ1n) is 4.49. The molecule has 0 aliphatic carbocycles. The molecule has 84 valence electrons. The maximum Gasteiger partial charge on any atom is 0.151 e. The zero-order chi connectivity index (χ0) is 12.0. The maximum atomic E-state index is 5.44. The Kier molecular flexibility index (Phi) is 5.54. The molecule has 0 aromatic carbocycles. The first-order chi connectivity index (χ1) is 7.58. The van der Waals surface area contributed by atoms with E-state index in [0.717, 1.165) is 15.1 Å². The second kappa shape index (κ2) is 6.70. The van der Waals surface area contributed by atoms with Crippen molar-refractivity contribution in [1.29, 1.82) is 0 Å². The fourth-order valence-electron chi connectivity index (χ4n) is 0.765. The largest absolute Gasteiger partial charge is 0.155 e. The summed E-state index contributed by atoms with van der Waals surface area (Å²) < 4.78 is 0.938. The highest BCUT2D eigenvalue weighted by molar-refractivity contribution is 14.1. The van der Waals surface area contributed by atoms with E-state index in [1.165, 1.54) is 0 Å². The van der Waals surface area contributed by atoms with Gasteiger partial charge in [-0.2, -0.15) is 10.2 Å². The van der Waals surface area contributed by atoms with Gasteiger partial charge in [-0.25, -0.2) is 0 Å². The van der Waals surface area contributed by atoms with Gasteiger partial charge in [0.05, 0.1) is 11.4 Å². The number of nitrogens with zero attached hydrogens (tertiary/aromatic N) is 4. The topological polar surface area (TPSA) is 51.6 Å². The molecule has 0 saturated heterocycles. The molecule has 0 atom stereocenters. The highest BCUT2D eigenvalue weighted by Gasteiger charge is 1.85. The van der Waals surface area contributed by atoms with E-state index in [-0.39, 0.29) is 0 Å². The second-order valence-electron chi connectivity index (χ2n) is 2.99. The Morgan fingerprint density at radius 1 is 0.875 bits per heavy atom. The summed E-state index contributed by atoms with van der Waals surface area (Å²) in [5.74, 6) is 0. The molecule has 0 aliphatic rings. The molecule has 2 aromatic rings. The van der Waals surface area contributed by atoms with Gasteiger partial charge in [-0.05, 0) is 60.7 Å². The Morgan fingerprint density at radius 2 is 1.44 bits per heavy atom. The van der Waals surface area contributed by atoms with Crippen LogP contribution in [0.5, 0.6) is 0 Å². The van der Waals surface area contributed by atoms with Crippen molar-refractivity contribution < 1.29 is 0 Å². The molecule has 0 radical (unpaired) electrons. The Morgan fingerprint density at radius 3 is 1.75 bits per heavy atom. The van der Waals surface area contributed by atoms with Crippen LogP contribution < -0.4 is 0 Å². The van der Waals surface area contributed by atoms with Gasteiger partial charge in [0.15, 0.2) is 5.15 Å². The summed E-state index contributed by atoms with van der Waals surface area (Å²) >= 11 is 7.56. The van der Waals surface area contributed by atoms with E-state index in [1.807, 2.05) is 32.0 Å². The van der Waals surface area contributed by atoms with Gasteiger partial charge in [-0.1, -0.05) is 11.6 Å². The summed E-state index contributed by atoms with van der Waals surface area (Å²) in [5.41, 5.74) is 1.85. The molecule has 0 aliphatic heterocycles. The van der Waals surface area contributed by atoms with Crippen molar-refractivity contribution in [2.45, 2.75) is 13.8 Å². The van der Waals surface area contributed by atoms with E-state index >= 15 is 0 Å². The number of halogens is 2. The standard InChI is InChI=1S/C5H5ClN2.C5H5IN2/c2*1-4-2-3-5(6)8-7-4/h2*2-3H,1H3. The molecule has 0 fully saturated rings. The number of hydrogen-bond acceptors (Lipinski definition) is 4. The molecule has 2 rings (SSSR count). The van der Waals surface area contributed by atoms with Crippen LogP contribution >= 0.6 is 34.2 Å². The first kappa shape index (κ1) is 13.2. The van der Waals surface area contributed by atoms with Crippen LogP contribution in [0.3, 0.4) is 0 Å². The molecular weight excluding hydrogens is 338 g/mol. The molecular formula is C10H10ClIN4. The summed E-state index contributed by atoms with van der Waals surface area (Å²) in [6.07, 6.45) is 0. The highest BCUT2D eigenvalue weighted by atomic mass is 127. The van der Waals surface area contributed by atoms with Crippen molar-refractivity contribution in [3.05, 3.63) is 44.5 Å². The van der Waals surface area contributed by atoms with Crippen LogP contribution in [0.1, 0.15) is 11.4 Å². The molecule has 16 heavy (non-hydrogen) atoms. The number of aryl methyl sites for hydroxylation is 2. The molecule has 0 unspecified atom stereocenters. The van der Waals surface area contributed by atoms with Gasteiger partial charge in [0.2, 0.25) is 0 Å². The van der Waals surface area contributed by atoms with Gasteiger partial charge in [-0.3, -0.25) is 0 Å². The third-order valence-electron chi connectivity index (χ3n) is 1.53. The van der Waals surface area contributed by atoms with E-state index in [1.54, 1.807) is 6.07 Å². The summed E-state index contributed by atoms with van der Waals surface area (Å²) in [6.45, 7) is 3.78. The average Bonchev–Trinajstić information content (AvgIpc) is 2.28. The van der Waals surface area contributed by atoms with Crippen molar-refractivity contribution in [1.82, 2.24) is 20.4 Å². The van der Waals surface area contributed by atoms with E-state index in [0.29, 0.717) is 5.15 Å². The smallest absolute Gasteiger partial charge is 0.151 e. The lowest BCUT2D eigenvalue weighted by Crippen LogP contribution is -1.86. The van der Waals surface area contributed by atoms with Gasteiger partial charge in [-0.15, -0.1) is 10.2 Å². The van der Waals surface area contributed by atoms with Crippen molar-refractivity contribution in [2.24, 2.45) is 0 Å². The van der Waals surface area contributed by atoms with Crippen LogP contribution in [0.2, 0.25) is 5.15 Å². The summed E-state index contributed by atoms with van der Waals surface area (Å²) in [7, 11) is 0. The van der Waals surface area contributed by atoms with E-state index in [2.05, 4.69) is 43.0 Å². The van der Waals surface area contributed by atoms with Crippen molar-refractivity contribution in [3.63, 3.8) is 0 Å². The zero-order valence-corrected chi connectivity index (χ0v) is 11.8. The van der Waals surface area contributed by atoms with Gasteiger partial charge >= 0.3 is 0 Å². The summed E-state index contributed by atoms with van der Waals surface area (Å²) in [4.78, 5) is 0. The Hall–Kier alpha value is -0.820. The van der Waals surface area contributed by atoms with E-state index < -0.39 is 0 Å². The fourth-order valence-corrected chi connectivity index (χ4v) is 1.15. The van der Waals surface area contributed by atoms with Crippen LogP contribution in [-0.2, 0) is 0 Å². The Balaban J connectivity index is 0.000000160. The van der Waals surface area contributed by atoms with Gasteiger partial charge < -0.3 is 0 Å². The average molecular weight is 349 g/mol. The lowest BCUT2D eigenvalue weighted by atomic mass is 10.4. The lowest BCUT2D eigenvalue weighted by Gasteiger charge is -1.86. The molecule has 0 bridgehead atoms. The Labute approximate surface area is 113 Å². The molecule has 0 amide bonds. The third kappa shape index (κ3) is 5.32. The van der Waals surface area contributed by atoms with Crippen molar-refractivity contribution in [2.75, 3.05) is 0 Å². The molecule has 0 N–H and O–H groups in total. The minimum absolute atomic E-state index is 0.440. The molecule has 4 nitrogen and oxygen atoms in total. The fraction of sp³-hybridized carbons (Fsp3) is 0.200. The zero-order valence-electron chi connectivity index (χ0n) is 8.85. The van der Waals surface area contributed by atoms with Crippen LogP contribution in [0, 0.1) is 17.5 Å². The van der Waals surface area contributed by atoms with Gasteiger partial charge in [0, 0.05) is 0 Å². The number of rotatable bonds is 0. The lowest BCUT2D eigenvalue weighted by molar-refractivity contribution is 0.957. The minimum atomic E-state index is 0.440. The van der Waals surface area contributed by atoms with Gasteiger partial charge in [0.1, 0.15) is 3.70 Å². The van der Waals surface area contributed by atoms with E-state index in [4.69, 9.17) is 11.6 Å². The minimum Gasteiger partial charge on any atom is -0.155 e. The van der Waals surface area contributed by atoms with Crippen LogP contribution in [0.15, 0.2) is 24.3 Å². The molecule has 0 saturated carbocycles. The Bertz CT molecular complexity index is 344. The summed E-state index contributed by atoms with van der Waals surface area (Å²) in [6, 6.07) is 7.40.